The number of aryl methyl sites for hydroxylation is 1. The molecule has 0 aliphatic carbocycles. The second-order valence-electron chi connectivity index (χ2n) is 11.6. The Kier molecular flexibility index (Phi) is 7.96. The van der Waals surface area contributed by atoms with Gasteiger partial charge in [-0.15, -0.1) is 0 Å². The van der Waals surface area contributed by atoms with E-state index < -0.39 is 23.4 Å². The van der Waals surface area contributed by atoms with Crippen LogP contribution in [0, 0.1) is 24.4 Å². The average Bonchev–Trinajstić information content (AvgIpc) is 3.65. The fraction of sp³-hybridized carbons (Fsp3) is 0.286. The number of aromatic nitrogens is 3. The Morgan fingerprint density at radius 3 is 2.60 bits per heavy atom. The van der Waals surface area contributed by atoms with Gasteiger partial charge in [-0.05, 0) is 55.3 Å². The van der Waals surface area contributed by atoms with E-state index in [0.29, 0.717) is 71.2 Å². The van der Waals surface area contributed by atoms with E-state index in [9.17, 15) is 18.7 Å². The van der Waals surface area contributed by atoms with Crippen LogP contribution in [0.25, 0.3) is 22.3 Å². The number of rotatable bonds is 10. The molecule has 7 rings (SSSR count). The summed E-state index contributed by atoms with van der Waals surface area (Å²) in [6.45, 7) is 2.86. The van der Waals surface area contributed by atoms with Gasteiger partial charge in [0.15, 0.2) is 5.82 Å². The Balaban J connectivity index is 1.25. The van der Waals surface area contributed by atoms with Gasteiger partial charge in [0.05, 0.1) is 43.1 Å². The van der Waals surface area contributed by atoms with E-state index in [1.165, 1.54) is 43.5 Å². The zero-order chi connectivity index (χ0) is 32.8. The van der Waals surface area contributed by atoms with Gasteiger partial charge in [0, 0.05) is 41.7 Å². The van der Waals surface area contributed by atoms with Crippen LogP contribution in [0.5, 0.6) is 17.4 Å². The fourth-order valence-corrected chi connectivity index (χ4v) is 6.03. The molecule has 242 valence electrons. The first-order chi connectivity index (χ1) is 22.7. The summed E-state index contributed by atoms with van der Waals surface area (Å²) < 4.78 is 69.8. The normalized spacial score (nSPS) is 15.3. The second-order valence-corrected chi connectivity index (χ2v) is 11.6. The number of benzene rings is 3. The van der Waals surface area contributed by atoms with Crippen LogP contribution in [-0.4, -0.2) is 52.0 Å². The standard InChI is InChI=1S/C35H30F3N3O6/c1-18-3-4-19(26(37)11-18)17-47-34-25(36)5-6-28(39-34)24-14-27(38)23(22-8-10-46-33(22)24)15-31-40-32-29(41(31)16-21-7-9-45-21)12-20(35(42)43)13-30(32)44-2/h3-6,11-14,21H,7-10,15-17H2,1-2H3,(H,42,43)/t21-/m0/s1. The Bertz CT molecular complexity index is 2040. The van der Waals surface area contributed by atoms with Gasteiger partial charge < -0.3 is 28.6 Å². The number of carbonyl (C=O) groups is 1. The Morgan fingerprint density at radius 1 is 1.04 bits per heavy atom. The Labute approximate surface area is 267 Å². The third-order valence-electron chi connectivity index (χ3n) is 8.58. The number of ether oxygens (including phenoxy) is 4. The molecule has 0 saturated carbocycles. The number of carboxylic acids is 1. The van der Waals surface area contributed by atoms with Gasteiger partial charge in [-0.3, -0.25) is 0 Å². The second kappa shape index (κ2) is 12.3. The highest BCUT2D eigenvalue weighted by atomic mass is 19.1. The monoisotopic (exact) mass is 645 g/mol. The lowest BCUT2D eigenvalue weighted by Crippen LogP contribution is -2.31. The SMILES string of the molecule is COc1cc(C(=O)O)cc2c1nc(Cc1c(F)cc(-c3ccc(F)c(OCc4ccc(C)cc4F)n3)c3c1CCO3)n2C[C@@H]1CCO1. The van der Waals surface area contributed by atoms with E-state index in [1.807, 2.05) is 4.57 Å². The summed E-state index contributed by atoms with van der Waals surface area (Å²) in [7, 11) is 1.44. The molecule has 0 bridgehead atoms. The number of halogens is 3. The molecule has 2 aromatic heterocycles. The predicted molar refractivity (Wildman–Crippen MR) is 165 cm³/mol. The molecule has 2 aliphatic rings. The van der Waals surface area contributed by atoms with Gasteiger partial charge in [-0.2, -0.15) is 0 Å². The van der Waals surface area contributed by atoms with Crippen molar-refractivity contribution >= 4 is 17.0 Å². The molecule has 0 unspecified atom stereocenters. The van der Waals surface area contributed by atoms with Gasteiger partial charge in [-0.1, -0.05) is 12.1 Å². The van der Waals surface area contributed by atoms with E-state index in [4.69, 9.17) is 23.9 Å². The van der Waals surface area contributed by atoms with E-state index in [2.05, 4.69) is 4.98 Å². The van der Waals surface area contributed by atoms with Crippen LogP contribution in [-0.2, 0) is 30.7 Å². The average molecular weight is 646 g/mol. The first kappa shape index (κ1) is 30.5. The quantitative estimate of drug-likeness (QED) is 0.186. The van der Waals surface area contributed by atoms with Crippen molar-refractivity contribution in [1.29, 1.82) is 0 Å². The highest BCUT2D eigenvalue weighted by Crippen LogP contribution is 2.41. The first-order valence-corrected chi connectivity index (χ1v) is 15.1. The van der Waals surface area contributed by atoms with Crippen molar-refractivity contribution in [2.24, 2.45) is 0 Å². The highest BCUT2D eigenvalue weighted by molar-refractivity contribution is 5.95. The summed E-state index contributed by atoms with van der Waals surface area (Å²) in [5.74, 6) is -1.98. The molecule has 4 heterocycles. The molecule has 5 aromatic rings. The molecule has 1 fully saturated rings. The van der Waals surface area contributed by atoms with Gasteiger partial charge in [0.25, 0.3) is 5.88 Å². The molecule has 1 saturated heterocycles. The van der Waals surface area contributed by atoms with Crippen LogP contribution in [0.4, 0.5) is 13.2 Å². The molecule has 9 nitrogen and oxygen atoms in total. The van der Waals surface area contributed by atoms with Crippen LogP contribution in [0.1, 0.15) is 44.9 Å². The number of imidazole rings is 1. The fourth-order valence-electron chi connectivity index (χ4n) is 6.03. The lowest BCUT2D eigenvalue weighted by molar-refractivity contribution is -0.0589. The molecular weight excluding hydrogens is 615 g/mol. The maximum Gasteiger partial charge on any atom is 0.335 e. The number of methoxy groups -OCH3 is 1. The largest absolute Gasteiger partial charge is 0.494 e. The van der Waals surface area contributed by atoms with Crippen molar-refractivity contribution in [3.63, 3.8) is 0 Å². The number of carboxylic acid groups (broad SMARTS) is 1. The predicted octanol–water partition coefficient (Wildman–Crippen LogP) is 6.42. The van der Waals surface area contributed by atoms with Crippen molar-refractivity contribution in [3.05, 3.63) is 99.6 Å². The van der Waals surface area contributed by atoms with E-state index in [1.54, 1.807) is 19.1 Å². The van der Waals surface area contributed by atoms with Crippen molar-refractivity contribution in [1.82, 2.24) is 14.5 Å². The van der Waals surface area contributed by atoms with Crippen LogP contribution in [0.2, 0.25) is 0 Å². The summed E-state index contributed by atoms with van der Waals surface area (Å²) in [5.41, 5.74) is 3.60. The van der Waals surface area contributed by atoms with Crippen LogP contribution < -0.4 is 14.2 Å². The topological polar surface area (TPSA) is 105 Å². The number of pyridine rings is 1. The minimum absolute atomic E-state index is 0.0422. The lowest BCUT2D eigenvalue weighted by atomic mass is 9.96. The van der Waals surface area contributed by atoms with Gasteiger partial charge in [0.1, 0.15) is 41.1 Å². The molecule has 1 N–H and O–H groups in total. The molecule has 0 spiro atoms. The van der Waals surface area contributed by atoms with Crippen molar-refractivity contribution in [3.8, 4) is 28.6 Å². The zero-order valence-electron chi connectivity index (χ0n) is 25.6. The number of hydrogen-bond acceptors (Lipinski definition) is 7. The minimum Gasteiger partial charge on any atom is -0.494 e. The van der Waals surface area contributed by atoms with Crippen LogP contribution in [0.3, 0.4) is 0 Å². The summed E-state index contributed by atoms with van der Waals surface area (Å²) >= 11 is 0. The highest BCUT2D eigenvalue weighted by Gasteiger charge is 2.29. The van der Waals surface area contributed by atoms with Gasteiger partial charge in [0.2, 0.25) is 0 Å². The third kappa shape index (κ3) is 5.73. The van der Waals surface area contributed by atoms with E-state index >= 15 is 4.39 Å². The number of fused-ring (bicyclic) bond motifs is 2. The van der Waals surface area contributed by atoms with Crippen molar-refractivity contribution in [2.45, 2.75) is 45.4 Å². The van der Waals surface area contributed by atoms with E-state index in [0.717, 1.165) is 12.0 Å². The summed E-state index contributed by atoms with van der Waals surface area (Å²) in [6.07, 6.45) is 1.25. The molecule has 47 heavy (non-hydrogen) atoms. The lowest BCUT2D eigenvalue weighted by Gasteiger charge is -2.27. The van der Waals surface area contributed by atoms with Crippen molar-refractivity contribution in [2.75, 3.05) is 20.3 Å². The summed E-state index contributed by atoms with van der Waals surface area (Å²) in [6, 6.07) is 11.5. The molecule has 3 aromatic carbocycles. The maximum absolute atomic E-state index is 16.2. The first-order valence-electron chi connectivity index (χ1n) is 15.1. The van der Waals surface area contributed by atoms with Crippen molar-refractivity contribution < 1.29 is 42.0 Å². The Morgan fingerprint density at radius 2 is 1.87 bits per heavy atom. The number of nitrogens with zero attached hydrogens (tertiary/aromatic N) is 3. The van der Waals surface area contributed by atoms with E-state index in [-0.39, 0.29) is 41.8 Å². The zero-order valence-corrected chi connectivity index (χ0v) is 25.6. The molecule has 0 amide bonds. The van der Waals surface area contributed by atoms with Gasteiger partial charge in [-0.25, -0.2) is 27.9 Å². The summed E-state index contributed by atoms with van der Waals surface area (Å²) in [5, 5.41) is 9.71. The van der Waals surface area contributed by atoms with Crippen LogP contribution in [0.15, 0.2) is 48.5 Å². The number of hydrogen-bond donors (Lipinski definition) is 1. The molecule has 12 heteroatoms. The summed E-state index contributed by atoms with van der Waals surface area (Å²) in [4.78, 5) is 21.0. The smallest absolute Gasteiger partial charge is 0.335 e. The third-order valence-corrected chi connectivity index (χ3v) is 8.58. The molecular formula is C35H30F3N3O6. The minimum atomic E-state index is -1.11. The van der Waals surface area contributed by atoms with Gasteiger partial charge >= 0.3 is 5.97 Å². The Hall–Kier alpha value is -5.10. The van der Waals surface area contributed by atoms with Crippen LogP contribution >= 0.6 is 0 Å². The number of aromatic carboxylic acids is 1. The molecule has 0 radical (unpaired) electrons. The molecule has 2 aliphatic heterocycles. The maximum atomic E-state index is 16.2. The molecule has 1 atom stereocenters.